The zero-order chi connectivity index (χ0) is 23.7. The number of nitrogens with zero attached hydrogens (tertiary/aromatic N) is 4. The molecule has 1 aromatic carbocycles. The fraction of sp³-hybridized carbons (Fsp3) is 0.308. The van der Waals surface area contributed by atoms with E-state index >= 15 is 0 Å². The molecule has 0 aliphatic carbocycles. The number of nitrogens with two attached hydrogens (primary N) is 1. The smallest absolute Gasteiger partial charge is 0.319 e. The molecule has 2 amide bonds. The van der Waals surface area contributed by atoms with Gasteiger partial charge in [0, 0.05) is 46.8 Å². The van der Waals surface area contributed by atoms with Crippen molar-refractivity contribution in [2.75, 3.05) is 11.9 Å². The number of nitrogens with one attached hydrogen (secondary N) is 2. The molecule has 34 heavy (non-hydrogen) atoms. The molecular formula is C26H29N7O. The van der Waals surface area contributed by atoms with Crippen molar-refractivity contribution in [2.45, 2.75) is 45.2 Å². The molecule has 0 saturated heterocycles. The molecule has 1 aliphatic heterocycles. The van der Waals surface area contributed by atoms with Crippen LogP contribution in [-0.2, 0) is 13.0 Å². The molecule has 0 radical (unpaired) electrons. The van der Waals surface area contributed by atoms with Crippen LogP contribution in [0.2, 0.25) is 0 Å². The number of aromatic nitrogens is 4. The van der Waals surface area contributed by atoms with Crippen LogP contribution in [0, 0.1) is 0 Å². The van der Waals surface area contributed by atoms with Gasteiger partial charge in [-0.3, -0.25) is 14.6 Å². The number of fused-ring (bicyclic) bond motifs is 2. The number of hydrogen-bond donors (Lipinski definition) is 3. The van der Waals surface area contributed by atoms with Crippen LogP contribution in [0.5, 0.6) is 0 Å². The summed E-state index contributed by atoms with van der Waals surface area (Å²) in [5, 5.41) is 11.8. The normalized spacial score (nSPS) is 13.1. The number of benzene rings is 1. The van der Waals surface area contributed by atoms with E-state index in [1.165, 1.54) is 5.69 Å². The van der Waals surface area contributed by atoms with Crippen LogP contribution in [0.15, 0.2) is 54.9 Å². The van der Waals surface area contributed by atoms with Crippen LogP contribution in [0.4, 0.5) is 10.5 Å². The number of anilines is 1. The van der Waals surface area contributed by atoms with Crippen LogP contribution in [0.1, 0.15) is 32.4 Å². The predicted molar refractivity (Wildman–Crippen MR) is 134 cm³/mol. The lowest BCUT2D eigenvalue weighted by molar-refractivity contribution is 0.240. The predicted octanol–water partition coefficient (Wildman–Crippen LogP) is 4.36. The quantitative estimate of drug-likeness (QED) is 0.400. The van der Waals surface area contributed by atoms with Crippen molar-refractivity contribution in [1.29, 1.82) is 0 Å². The Labute approximate surface area is 198 Å². The van der Waals surface area contributed by atoms with Crippen molar-refractivity contribution < 1.29 is 4.79 Å². The Morgan fingerprint density at radius 2 is 2.03 bits per heavy atom. The van der Waals surface area contributed by atoms with Gasteiger partial charge in [0.2, 0.25) is 0 Å². The zero-order valence-electron chi connectivity index (χ0n) is 19.5. The highest BCUT2D eigenvalue weighted by atomic mass is 16.2. The average molecular weight is 456 g/mol. The average Bonchev–Trinajstić information content (AvgIpc) is 3.40. The number of amides is 2. The Hall–Kier alpha value is -3.78. The molecule has 4 aromatic rings. The number of pyridine rings is 2. The number of carbonyl (C=O) groups is 1. The molecule has 5 rings (SSSR count). The van der Waals surface area contributed by atoms with Gasteiger partial charge in [-0.2, -0.15) is 5.10 Å². The van der Waals surface area contributed by atoms with Crippen molar-refractivity contribution >= 4 is 22.6 Å². The molecule has 8 heteroatoms. The van der Waals surface area contributed by atoms with Crippen molar-refractivity contribution in [2.24, 2.45) is 5.73 Å². The van der Waals surface area contributed by atoms with Crippen LogP contribution in [0.25, 0.3) is 33.4 Å². The van der Waals surface area contributed by atoms with E-state index in [4.69, 9.17) is 10.8 Å². The summed E-state index contributed by atoms with van der Waals surface area (Å²) >= 11 is 0. The minimum atomic E-state index is -0.383. The summed E-state index contributed by atoms with van der Waals surface area (Å²) in [6.07, 6.45) is 6.37. The van der Waals surface area contributed by atoms with E-state index in [0.29, 0.717) is 18.7 Å². The van der Waals surface area contributed by atoms with E-state index in [1.54, 1.807) is 6.20 Å². The highest BCUT2D eigenvalue weighted by Gasteiger charge is 2.25. The molecule has 0 bridgehead atoms. The Kier molecular flexibility index (Phi) is 5.75. The number of rotatable bonds is 6. The van der Waals surface area contributed by atoms with Crippen molar-refractivity contribution in [1.82, 2.24) is 25.1 Å². The minimum absolute atomic E-state index is 0.263. The third-order valence-electron chi connectivity index (χ3n) is 6.24. The lowest BCUT2D eigenvalue weighted by atomic mass is 9.96. The van der Waals surface area contributed by atoms with Gasteiger partial charge in [0.1, 0.15) is 5.69 Å². The monoisotopic (exact) mass is 455 g/mol. The van der Waals surface area contributed by atoms with Crippen molar-refractivity contribution in [3.05, 3.63) is 60.6 Å². The molecular weight excluding hydrogens is 426 g/mol. The molecule has 0 saturated carbocycles. The first-order valence-corrected chi connectivity index (χ1v) is 11.6. The maximum Gasteiger partial charge on any atom is 0.319 e. The third-order valence-corrected chi connectivity index (χ3v) is 6.24. The third kappa shape index (κ3) is 4.24. The first-order chi connectivity index (χ1) is 16.4. The van der Waals surface area contributed by atoms with Gasteiger partial charge in [-0.25, -0.2) is 4.79 Å². The zero-order valence-corrected chi connectivity index (χ0v) is 19.5. The summed E-state index contributed by atoms with van der Waals surface area (Å²) in [7, 11) is 0. The van der Waals surface area contributed by atoms with Gasteiger partial charge >= 0.3 is 6.03 Å². The SMILES string of the molecule is CC(C)(CCN)NC(=O)Nc1ccc2c(-c3c(-c4ccccn4)nn4c3CCC4)ccnc2c1. The van der Waals surface area contributed by atoms with Gasteiger partial charge < -0.3 is 16.4 Å². The van der Waals surface area contributed by atoms with Gasteiger partial charge in [-0.15, -0.1) is 0 Å². The highest BCUT2D eigenvalue weighted by Crippen LogP contribution is 2.39. The van der Waals surface area contributed by atoms with Gasteiger partial charge in [-0.05, 0) is 75.5 Å². The lowest BCUT2D eigenvalue weighted by Crippen LogP contribution is -2.46. The highest BCUT2D eigenvalue weighted by molar-refractivity contribution is 6.01. The van der Waals surface area contributed by atoms with E-state index in [9.17, 15) is 4.79 Å². The van der Waals surface area contributed by atoms with E-state index < -0.39 is 0 Å². The van der Waals surface area contributed by atoms with Gasteiger partial charge in [-0.1, -0.05) is 12.1 Å². The molecule has 3 aromatic heterocycles. The number of carbonyl (C=O) groups excluding carboxylic acids is 1. The number of urea groups is 1. The van der Waals surface area contributed by atoms with Crippen LogP contribution >= 0.6 is 0 Å². The van der Waals surface area contributed by atoms with Crippen molar-refractivity contribution in [3.63, 3.8) is 0 Å². The van der Waals surface area contributed by atoms with Crippen LogP contribution in [0.3, 0.4) is 0 Å². The molecule has 0 unspecified atom stereocenters. The molecule has 0 fully saturated rings. The Morgan fingerprint density at radius 1 is 1.15 bits per heavy atom. The summed E-state index contributed by atoms with van der Waals surface area (Å²) < 4.78 is 2.11. The number of hydrogen-bond acceptors (Lipinski definition) is 5. The number of aryl methyl sites for hydroxylation is 1. The summed E-state index contributed by atoms with van der Waals surface area (Å²) in [5.41, 5.74) is 11.9. The maximum absolute atomic E-state index is 12.5. The first-order valence-electron chi connectivity index (χ1n) is 11.6. The summed E-state index contributed by atoms with van der Waals surface area (Å²) in [5.74, 6) is 0. The second-order valence-corrected chi connectivity index (χ2v) is 9.30. The molecule has 4 N–H and O–H groups in total. The van der Waals surface area contributed by atoms with Gasteiger partial charge in [0.15, 0.2) is 0 Å². The lowest BCUT2D eigenvalue weighted by Gasteiger charge is -2.25. The van der Waals surface area contributed by atoms with Gasteiger partial charge in [0.05, 0.1) is 11.2 Å². The van der Waals surface area contributed by atoms with E-state index in [0.717, 1.165) is 52.8 Å². The largest absolute Gasteiger partial charge is 0.333 e. The second-order valence-electron chi connectivity index (χ2n) is 9.30. The Morgan fingerprint density at radius 3 is 2.82 bits per heavy atom. The summed E-state index contributed by atoms with van der Waals surface area (Å²) in [6.45, 7) is 5.34. The summed E-state index contributed by atoms with van der Waals surface area (Å²) in [6, 6.07) is 13.5. The fourth-order valence-electron chi connectivity index (χ4n) is 4.63. The molecule has 0 spiro atoms. The van der Waals surface area contributed by atoms with E-state index in [1.807, 2.05) is 62.5 Å². The molecule has 4 heterocycles. The molecule has 174 valence electrons. The molecule has 1 aliphatic rings. The van der Waals surface area contributed by atoms with E-state index in [2.05, 4.69) is 25.3 Å². The standard InChI is InChI=1S/C26H29N7O/c1-26(2,11-12-27)31-25(34)30-17-8-9-18-19(10-14-29-21(18)16-17)23-22-7-5-15-33(22)32-24(23)20-6-3-4-13-28-20/h3-4,6,8-10,13-14,16H,5,7,11-12,15,27H2,1-2H3,(H2,30,31,34). The Bertz CT molecular complexity index is 1340. The van der Waals surface area contributed by atoms with Gasteiger partial charge in [0.25, 0.3) is 0 Å². The summed E-state index contributed by atoms with van der Waals surface area (Å²) in [4.78, 5) is 21.7. The van der Waals surface area contributed by atoms with E-state index in [-0.39, 0.29) is 11.6 Å². The van der Waals surface area contributed by atoms with Crippen LogP contribution < -0.4 is 16.4 Å². The fourth-order valence-corrected chi connectivity index (χ4v) is 4.63. The maximum atomic E-state index is 12.5. The minimum Gasteiger partial charge on any atom is -0.333 e. The molecule has 8 nitrogen and oxygen atoms in total. The van der Waals surface area contributed by atoms with Crippen LogP contribution in [-0.4, -0.2) is 37.9 Å². The first kappa shape index (κ1) is 22.0. The topological polar surface area (TPSA) is 111 Å². The Balaban J connectivity index is 1.52. The van der Waals surface area contributed by atoms with Crippen molar-refractivity contribution in [3.8, 4) is 22.5 Å². The second kappa shape index (κ2) is 8.87. The molecule has 0 atom stereocenters.